The number of ether oxygens (including phenoxy) is 1. The maximum Gasteiger partial charge on any atom is 0.193 e. The Morgan fingerprint density at radius 2 is 2.04 bits per heavy atom. The summed E-state index contributed by atoms with van der Waals surface area (Å²) in [6, 6.07) is 7.69. The molecule has 6 nitrogen and oxygen atoms in total. The Bertz CT molecular complexity index is 512. The number of methoxy groups -OCH3 is 1. The summed E-state index contributed by atoms with van der Waals surface area (Å²) in [6.07, 6.45) is 2.27. The summed E-state index contributed by atoms with van der Waals surface area (Å²) >= 11 is 0. The molecular weight excluding hydrogens is 417 g/mol. The second kappa shape index (κ2) is 11.5. The third-order valence-electron chi connectivity index (χ3n) is 4.10. The SMILES string of the molecule is COc1ccccc1NC(N)=NCCCN1CCCN(C)CC1.I. The van der Waals surface area contributed by atoms with Crippen molar-refractivity contribution in [3.63, 3.8) is 0 Å². The molecule has 24 heavy (non-hydrogen) atoms. The minimum Gasteiger partial charge on any atom is -0.495 e. The fourth-order valence-corrected chi connectivity index (χ4v) is 2.74. The molecule has 1 heterocycles. The highest BCUT2D eigenvalue weighted by molar-refractivity contribution is 14.0. The number of likely N-dealkylation sites (N-methyl/N-ethyl adjacent to an activating group) is 1. The lowest BCUT2D eigenvalue weighted by molar-refractivity contribution is 0.275. The van der Waals surface area contributed by atoms with E-state index in [1.807, 2.05) is 24.3 Å². The molecule has 1 fully saturated rings. The lowest BCUT2D eigenvalue weighted by Gasteiger charge is -2.19. The summed E-state index contributed by atoms with van der Waals surface area (Å²) < 4.78 is 5.29. The molecule has 0 bridgehead atoms. The van der Waals surface area contributed by atoms with Crippen LogP contribution in [0.5, 0.6) is 5.75 Å². The van der Waals surface area contributed by atoms with Crippen molar-refractivity contribution in [1.29, 1.82) is 0 Å². The van der Waals surface area contributed by atoms with Crippen LogP contribution in [0.3, 0.4) is 0 Å². The molecule has 0 radical (unpaired) electrons. The molecule has 1 aromatic carbocycles. The molecule has 2 rings (SSSR count). The van der Waals surface area contributed by atoms with Crippen molar-refractivity contribution in [3.05, 3.63) is 24.3 Å². The molecular formula is C17H30IN5O. The number of hydrogen-bond donors (Lipinski definition) is 2. The van der Waals surface area contributed by atoms with Crippen LogP contribution < -0.4 is 15.8 Å². The second-order valence-corrected chi connectivity index (χ2v) is 5.94. The van der Waals surface area contributed by atoms with E-state index in [1.54, 1.807) is 7.11 Å². The number of para-hydroxylation sites is 2. The number of guanidine groups is 1. The first kappa shape index (κ1) is 21.0. The lowest BCUT2D eigenvalue weighted by Crippen LogP contribution is -2.30. The summed E-state index contributed by atoms with van der Waals surface area (Å²) in [7, 11) is 3.84. The van der Waals surface area contributed by atoms with Crippen LogP contribution in [0, 0.1) is 0 Å². The van der Waals surface area contributed by atoms with E-state index in [0.717, 1.165) is 44.0 Å². The largest absolute Gasteiger partial charge is 0.495 e. The highest BCUT2D eigenvalue weighted by atomic mass is 127. The van der Waals surface area contributed by atoms with Crippen LogP contribution in [0.15, 0.2) is 29.3 Å². The predicted octanol–water partition coefficient (Wildman–Crippen LogP) is 2.07. The Labute approximate surface area is 162 Å². The van der Waals surface area contributed by atoms with Crippen molar-refractivity contribution in [2.24, 2.45) is 10.7 Å². The lowest BCUT2D eigenvalue weighted by atomic mass is 10.3. The van der Waals surface area contributed by atoms with E-state index in [0.29, 0.717) is 5.96 Å². The molecule has 1 aliphatic rings. The van der Waals surface area contributed by atoms with Crippen molar-refractivity contribution in [1.82, 2.24) is 9.80 Å². The quantitative estimate of drug-likeness (QED) is 0.303. The van der Waals surface area contributed by atoms with Gasteiger partial charge in [0.2, 0.25) is 0 Å². The van der Waals surface area contributed by atoms with Gasteiger partial charge in [-0.25, -0.2) is 0 Å². The maximum absolute atomic E-state index is 5.95. The van der Waals surface area contributed by atoms with Gasteiger partial charge < -0.3 is 25.6 Å². The zero-order valence-corrected chi connectivity index (χ0v) is 17.0. The van der Waals surface area contributed by atoms with E-state index in [2.05, 4.69) is 27.2 Å². The monoisotopic (exact) mass is 447 g/mol. The molecule has 3 N–H and O–H groups in total. The minimum atomic E-state index is 0. The van der Waals surface area contributed by atoms with Crippen LogP contribution in [0.25, 0.3) is 0 Å². The minimum absolute atomic E-state index is 0. The standard InChI is InChI=1S/C17H29N5O.HI/c1-21-10-6-12-22(14-13-21)11-5-9-19-17(18)20-15-7-3-4-8-16(15)23-2;/h3-4,7-8H,5-6,9-14H2,1-2H3,(H3,18,19,20);1H. The molecule has 1 aromatic rings. The molecule has 0 amide bonds. The van der Waals surface area contributed by atoms with Crippen LogP contribution in [0.1, 0.15) is 12.8 Å². The zero-order valence-electron chi connectivity index (χ0n) is 14.7. The highest BCUT2D eigenvalue weighted by Crippen LogP contribution is 2.22. The van der Waals surface area contributed by atoms with Gasteiger partial charge in [-0.1, -0.05) is 12.1 Å². The van der Waals surface area contributed by atoms with Crippen molar-refractivity contribution in [3.8, 4) is 5.75 Å². The van der Waals surface area contributed by atoms with Crippen LogP contribution in [0.4, 0.5) is 5.69 Å². The average molecular weight is 447 g/mol. The van der Waals surface area contributed by atoms with Gasteiger partial charge in [-0.2, -0.15) is 0 Å². The first-order valence-corrected chi connectivity index (χ1v) is 8.30. The van der Waals surface area contributed by atoms with Crippen LogP contribution in [-0.2, 0) is 0 Å². The van der Waals surface area contributed by atoms with Crippen molar-refractivity contribution in [2.45, 2.75) is 12.8 Å². The second-order valence-electron chi connectivity index (χ2n) is 5.94. The Morgan fingerprint density at radius 1 is 1.25 bits per heavy atom. The molecule has 0 aliphatic carbocycles. The zero-order chi connectivity index (χ0) is 16.5. The predicted molar refractivity (Wildman–Crippen MR) is 112 cm³/mol. The van der Waals surface area contributed by atoms with E-state index in [4.69, 9.17) is 10.5 Å². The van der Waals surface area contributed by atoms with Crippen molar-refractivity contribution < 1.29 is 4.74 Å². The first-order valence-electron chi connectivity index (χ1n) is 8.30. The van der Waals surface area contributed by atoms with Gasteiger partial charge in [0.1, 0.15) is 5.75 Å². The fourth-order valence-electron chi connectivity index (χ4n) is 2.74. The van der Waals surface area contributed by atoms with E-state index in [9.17, 15) is 0 Å². The van der Waals surface area contributed by atoms with Gasteiger partial charge in [0.05, 0.1) is 12.8 Å². The first-order chi connectivity index (χ1) is 11.2. The molecule has 1 saturated heterocycles. The topological polar surface area (TPSA) is 66.1 Å². The summed E-state index contributed by atoms with van der Waals surface area (Å²) in [6.45, 7) is 6.50. The van der Waals surface area contributed by atoms with Crippen LogP contribution in [-0.4, -0.2) is 69.2 Å². The number of benzene rings is 1. The number of anilines is 1. The molecule has 0 atom stereocenters. The molecule has 0 aromatic heterocycles. The van der Waals surface area contributed by atoms with E-state index in [1.165, 1.54) is 19.5 Å². The normalized spacial score (nSPS) is 17.0. The summed E-state index contributed by atoms with van der Waals surface area (Å²) in [4.78, 5) is 9.32. The number of nitrogens with one attached hydrogen (secondary N) is 1. The summed E-state index contributed by atoms with van der Waals surface area (Å²) in [5, 5.41) is 3.10. The average Bonchev–Trinajstić information content (AvgIpc) is 2.76. The van der Waals surface area contributed by atoms with Gasteiger partial charge in [0.15, 0.2) is 5.96 Å². The maximum atomic E-state index is 5.95. The Balaban J connectivity index is 0.00000288. The number of aliphatic imine (C=N–C) groups is 1. The molecule has 1 aliphatic heterocycles. The van der Waals surface area contributed by atoms with Crippen LogP contribution in [0.2, 0.25) is 0 Å². The van der Waals surface area contributed by atoms with E-state index >= 15 is 0 Å². The highest BCUT2D eigenvalue weighted by Gasteiger charge is 2.11. The molecule has 136 valence electrons. The Morgan fingerprint density at radius 3 is 2.83 bits per heavy atom. The van der Waals surface area contributed by atoms with Crippen LogP contribution >= 0.6 is 24.0 Å². The molecule has 0 unspecified atom stereocenters. The molecule has 0 saturated carbocycles. The third kappa shape index (κ3) is 7.23. The number of nitrogens with zero attached hydrogens (tertiary/aromatic N) is 3. The van der Waals surface area contributed by atoms with Crippen molar-refractivity contribution in [2.75, 3.05) is 58.7 Å². The molecule has 0 spiro atoms. The Hall–Kier alpha value is -1.06. The number of halogens is 1. The number of hydrogen-bond acceptors (Lipinski definition) is 4. The van der Waals surface area contributed by atoms with E-state index in [-0.39, 0.29) is 24.0 Å². The van der Waals surface area contributed by atoms with Crippen molar-refractivity contribution >= 4 is 35.6 Å². The van der Waals surface area contributed by atoms with Gasteiger partial charge in [-0.15, -0.1) is 24.0 Å². The Kier molecular flexibility index (Phi) is 10.0. The number of nitrogens with two attached hydrogens (primary N) is 1. The summed E-state index contributed by atoms with van der Waals surface area (Å²) in [5.74, 6) is 1.20. The van der Waals surface area contributed by atoms with Gasteiger partial charge >= 0.3 is 0 Å². The smallest absolute Gasteiger partial charge is 0.193 e. The van der Waals surface area contributed by atoms with Gasteiger partial charge in [0, 0.05) is 19.6 Å². The van der Waals surface area contributed by atoms with Gasteiger partial charge in [-0.05, 0) is 51.7 Å². The summed E-state index contributed by atoms with van der Waals surface area (Å²) in [5.41, 5.74) is 6.79. The van der Waals surface area contributed by atoms with Gasteiger partial charge in [0.25, 0.3) is 0 Å². The molecule has 7 heteroatoms. The van der Waals surface area contributed by atoms with E-state index < -0.39 is 0 Å². The fraction of sp³-hybridized carbons (Fsp3) is 0.588. The number of rotatable bonds is 6. The third-order valence-corrected chi connectivity index (χ3v) is 4.10. The van der Waals surface area contributed by atoms with Gasteiger partial charge in [-0.3, -0.25) is 4.99 Å².